The number of carbonyl (C=O) groups is 1. The molecule has 2 heterocycles. The maximum atomic E-state index is 13.2. The summed E-state index contributed by atoms with van der Waals surface area (Å²) in [4.78, 5) is 17.5. The van der Waals surface area contributed by atoms with Crippen LogP contribution < -0.4 is 0 Å². The van der Waals surface area contributed by atoms with Crippen LogP contribution in [0.5, 0.6) is 0 Å². The van der Waals surface area contributed by atoms with Crippen molar-refractivity contribution in [3.8, 4) is 0 Å². The lowest BCUT2D eigenvalue weighted by Gasteiger charge is -2.38. The second-order valence-electron chi connectivity index (χ2n) is 8.99. The average molecular weight is 373 g/mol. The number of hydrogen-bond acceptors (Lipinski definition) is 2. The highest BCUT2D eigenvalue weighted by atomic mass is 19.1. The van der Waals surface area contributed by atoms with E-state index >= 15 is 0 Å². The van der Waals surface area contributed by atoms with Crippen LogP contribution >= 0.6 is 0 Å². The van der Waals surface area contributed by atoms with Crippen LogP contribution in [0.4, 0.5) is 4.39 Å². The van der Waals surface area contributed by atoms with Crippen molar-refractivity contribution >= 4 is 5.91 Å². The number of hydrogen-bond donors (Lipinski definition) is 0. The summed E-state index contributed by atoms with van der Waals surface area (Å²) < 4.78 is 13.2. The predicted molar refractivity (Wildman–Crippen MR) is 106 cm³/mol. The molecule has 3 aliphatic rings. The Kier molecular flexibility index (Phi) is 5.82. The zero-order chi connectivity index (χ0) is 18.7. The Morgan fingerprint density at radius 2 is 1.74 bits per heavy atom. The number of amides is 1. The molecule has 1 atom stereocenters. The van der Waals surface area contributed by atoms with Crippen LogP contribution in [-0.4, -0.2) is 40.9 Å². The summed E-state index contributed by atoms with van der Waals surface area (Å²) in [5.41, 5.74) is 1.06. The van der Waals surface area contributed by atoms with Gasteiger partial charge in [-0.2, -0.15) is 0 Å². The van der Waals surface area contributed by atoms with Crippen LogP contribution in [0.1, 0.15) is 69.8 Å². The van der Waals surface area contributed by atoms with E-state index in [-0.39, 0.29) is 17.3 Å². The Balaban J connectivity index is 1.41. The van der Waals surface area contributed by atoms with Crippen molar-refractivity contribution in [3.63, 3.8) is 0 Å². The van der Waals surface area contributed by atoms with Gasteiger partial charge in [0, 0.05) is 31.6 Å². The molecule has 1 spiro atoms. The monoisotopic (exact) mass is 372 g/mol. The summed E-state index contributed by atoms with van der Waals surface area (Å²) in [5, 5.41) is 0. The van der Waals surface area contributed by atoms with E-state index in [9.17, 15) is 9.18 Å². The Morgan fingerprint density at radius 1 is 0.963 bits per heavy atom. The smallest absolute Gasteiger partial charge is 0.223 e. The van der Waals surface area contributed by atoms with Crippen molar-refractivity contribution in [1.82, 2.24) is 9.80 Å². The molecular weight excluding hydrogens is 339 g/mol. The SMILES string of the molecule is O=C1CC[C@]2(CCCN(CC3CCCCC3)CC2)N1Cc1ccc(F)cc1. The highest BCUT2D eigenvalue weighted by Crippen LogP contribution is 2.40. The van der Waals surface area contributed by atoms with Gasteiger partial charge >= 0.3 is 0 Å². The quantitative estimate of drug-likeness (QED) is 0.761. The molecule has 0 unspecified atom stereocenters. The van der Waals surface area contributed by atoms with E-state index in [1.165, 1.54) is 63.7 Å². The van der Waals surface area contributed by atoms with Gasteiger partial charge < -0.3 is 9.80 Å². The van der Waals surface area contributed by atoms with Gasteiger partial charge in [0.25, 0.3) is 0 Å². The first-order valence-corrected chi connectivity index (χ1v) is 10.9. The van der Waals surface area contributed by atoms with Crippen molar-refractivity contribution in [1.29, 1.82) is 0 Å². The van der Waals surface area contributed by atoms with Crippen molar-refractivity contribution < 1.29 is 9.18 Å². The minimum Gasteiger partial charge on any atom is -0.333 e. The normalized spacial score (nSPS) is 28.0. The third-order valence-electron chi connectivity index (χ3n) is 7.18. The molecule has 4 heteroatoms. The highest BCUT2D eigenvalue weighted by Gasteiger charge is 2.45. The van der Waals surface area contributed by atoms with Gasteiger partial charge in [-0.3, -0.25) is 4.79 Å². The summed E-state index contributed by atoms with van der Waals surface area (Å²) in [6, 6.07) is 6.64. The number of likely N-dealkylation sites (tertiary alicyclic amines) is 2. The summed E-state index contributed by atoms with van der Waals surface area (Å²) in [5.74, 6) is 0.947. The van der Waals surface area contributed by atoms with Crippen LogP contribution in [0.2, 0.25) is 0 Å². The van der Waals surface area contributed by atoms with Crippen molar-refractivity contribution in [2.45, 2.75) is 76.3 Å². The van der Waals surface area contributed by atoms with Crippen molar-refractivity contribution in [2.24, 2.45) is 5.92 Å². The lowest BCUT2D eigenvalue weighted by Crippen LogP contribution is -2.46. The number of benzene rings is 1. The first-order chi connectivity index (χ1) is 13.1. The zero-order valence-electron chi connectivity index (χ0n) is 16.5. The predicted octanol–water partition coefficient (Wildman–Crippen LogP) is 4.75. The van der Waals surface area contributed by atoms with Crippen molar-refractivity contribution in [2.75, 3.05) is 19.6 Å². The van der Waals surface area contributed by atoms with E-state index in [0.717, 1.165) is 37.3 Å². The molecule has 0 aromatic heterocycles. The van der Waals surface area contributed by atoms with E-state index in [0.29, 0.717) is 13.0 Å². The van der Waals surface area contributed by atoms with Gasteiger partial charge in [0.1, 0.15) is 5.82 Å². The average Bonchev–Trinajstić information content (AvgIpc) is 2.85. The van der Waals surface area contributed by atoms with E-state index < -0.39 is 0 Å². The first kappa shape index (κ1) is 18.9. The Morgan fingerprint density at radius 3 is 2.52 bits per heavy atom. The first-order valence-electron chi connectivity index (χ1n) is 10.9. The molecular formula is C23H33FN2O. The molecule has 148 valence electrons. The maximum absolute atomic E-state index is 13.2. The van der Waals surface area contributed by atoms with Crippen LogP contribution in [-0.2, 0) is 11.3 Å². The highest BCUT2D eigenvalue weighted by molar-refractivity contribution is 5.79. The van der Waals surface area contributed by atoms with Gasteiger partial charge in [-0.15, -0.1) is 0 Å². The maximum Gasteiger partial charge on any atom is 0.223 e. The fraction of sp³-hybridized carbons (Fsp3) is 0.696. The third kappa shape index (κ3) is 4.37. The van der Waals surface area contributed by atoms with Gasteiger partial charge in [0.2, 0.25) is 5.91 Å². The summed E-state index contributed by atoms with van der Waals surface area (Å²) in [7, 11) is 0. The summed E-state index contributed by atoms with van der Waals surface area (Å²) in [6.45, 7) is 4.17. The van der Waals surface area contributed by atoms with E-state index in [1.54, 1.807) is 0 Å². The fourth-order valence-corrected chi connectivity index (χ4v) is 5.57. The molecule has 27 heavy (non-hydrogen) atoms. The van der Waals surface area contributed by atoms with E-state index in [2.05, 4.69) is 9.80 Å². The Labute approximate surface area is 162 Å². The molecule has 0 bridgehead atoms. The summed E-state index contributed by atoms with van der Waals surface area (Å²) in [6.07, 6.45) is 12.1. The zero-order valence-corrected chi connectivity index (χ0v) is 16.5. The molecule has 1 aliphatic carbocycles. The number of nitrogens with zero attached hydrogens (tertiary/aromatic N) is 2. The molecule has 2 aliphatic heterocycles. The molecule has 3 fully saturated rings. The molecule has 0 N–H and O–H groups in total. The molecule has 0 radical (unpaired) electrons. The molecule has 1 aromatic carbocycles. The standard InChI is InChI=1S/C23H33FN2O/c24-21-9-7-20(8-10-21)18-26-22(27)11-13-23(26)12-4-15-25(16-14-23)17-19-5-2-1-3-6-19/h7-10,19H,1-6,11-18H2/t23-/m0/s1. The topological polar surface area (TPSA) is 23.6 Å². The molecule has 1 saturated carbocycles. The van der Waals surface area contributed by atoms with Crippen molar-refractivity contribution in [3.05, 3.63) is 35.6 Å². The lowest BCUT2D eigenvalue weighted by molar-refractivity contribution is -0.132. The molecule has 1 amide bonds. The summed E-state index contributed by atoms with van der Waals surface area (Å²) >= 11 is 0. The van der Waals surface area contributed by atoms with Crippen LogP contribution in [0, 0.1) is 11.7 Å². The Bertz CT molecular complexity index is 640. The van der Waals surface area contributed by atoms with Gasteiger partial charge in [0.05, 0.1) is 0 Å². The third-order valence-corrected chi connectivity index (χ3v) is 7.18. The molecule has 3 nitrogen and oxygen atoms in total. The number of rotatable bonds is 4. The van der Waals surface area contributed by atoms with Crippen LogP contribution in [0.25, 0.3) is 0 Å². The number of halogens is 1. The van der Waals surface area contributed by atoms with E-state index in [1.807, 2.05) is 12.1 Å². The van der Waals surface area contributed by atoms with Crippen LogP contribution in [0.3, 0.4) is 0 Å². The Hall–Kier alpha value is -1.42. The minimum atomic E-state index is -0.214. The second kappa shape index (κ2) is 8.30. The van der Waals surface area contributed by atoms with E-state index in [4.69, 9.17) is 0 Å². The molecule has 4 rings (SSSR count). The molecule has 2 saturated heterocycles. The van der Waals surface area contributed by atoms with Gasteiger partial charge in [0.15, 0.2) is 0 Å². The van der Waals surface area contributed by atoms with Gasteiger partial charge in [-0.05, 0) is 68.7 Å². The second-order valence-corrected chi connectivity index (χ2v) is 8.99. The fourth-order valence-electron chi connectivity index (χ4n) is 5.57. The number of carbonyl (C=O) groups excluding carboxylic acids is 1. The minimum absolute atomic E-state index is 0.0206. The van der Waals surface area contributed by atoms with Gasteiger partial charge in [-0.1, -0.05) is 31.4 Å². The molecule has 1 aromatic rings. The van der Waals surface area contributed by atoms with Crippen LogP contribution in [0.15, 0.2) is 24.3 Å². The lowest BCUT2D eigenvalue weighted by atomic mass is 9.87. The largest absolute Gasteiger partial charge is 0.333 e. The van der Waals surface area contributed by atoms with Gasteiger partial charge in [-0.25, -0.2) is 4.39 Å².